The van der Waals surface area contributed by atoms with E-state index in [4.69, 9.17) is 4.74 Å². The van der Waals surface area contributed by atoms with Crippen LogP contribution in [0.5, 0.6) is 0 Å². The molecule has 1 aromatic carbocycles. The monoisotopic (exact) mass is 561 g/mol. The van der Waals surface area contributed by atoms with E-state index in [2.05, 4.69) is 20.5 Å². The van der Waals surface area contributed by atoms with Gasteiger partial charge in [0.2, 0.25) is 0 Å². The summed E-state index contributed by atoms with van der Waals surface area (Å²) in [6.07, 6.45) is 1.48. The Morgan fingerprint density at radius 1 is 1.19 bits per heavy atom. The van der Waals surface area contributed by atoms with Crippen molar-refractivity contribution >= 4 is 41.8 Å². The smallest absolute Gasteiger partial charge is 0.251 e. The number of carbonyl (C=O) groups is 2. The molecule has 0 aliphatic carbocycles. The van der Waals surface area contributed by atoms with Gasteiger partial charge in [0.15, 0.2) is 5.96 Å². The fraction of sp³-hybridized carbons (Fsp3) is 0.591. The highest BCUT2D eigenvalue weighted by Crippen LogP contribution is 2.16. The number of aliphatic imine (C=N–C) groups is 1. The number of guanidine groups is 1. The lowest BCUT2D eigenvalue weighted by molar-refractivity contribution is -0.142. The second-order valence-corrected chi connectivity index (χ2v) is 7.77. The molecule has 1 unspecified atom stereocenters. The van der Waals surface area contributed by atoms with Gasteiger partial charge in [-0.15, -0.1) is 24.0 Å². The van der Waals surface area contributed by atoms with Gasteiger partial charge in [-0.1, -0.05) is 6.07 Å². The van der Waals surface area contributed by atoms with E-state index in [1.807, 2.05) is 11.8 Å². The summed E-state index contributed by atoms with van der Waals surface area (Å²) in [7, 11) is 0. The molecule has 0 aromatic heterocycles. The van der Waals surface area contributed by atoms with Crippen molar-refractivity contribution < 1.29 is 18.7 Å². The number of halogens is 2. The maximum Gasteiger partial charge on any atom is 0.251 e. The molecule has 3 rings (SSSR count). The molecule has 0 saturated carbocycles. The Morgan fingerprint density at radius 3 is 2.53 bits per heavy atom. The summed E-state index contributed by atoms with van der Waals surface area (Å²) < 4.78 is 19.2. The number of nitrogens with one attached hydrogen (secondary N) is 2. The highest BCUT2D eigenvalue weighted by atomic mass is 127. The fourth-order valence-corrected chi connectivity index (χ4v) is 3.71. The molecule has 0 spiro atoms. The minimum absolute atomic E-state index is 0. The van der Waals surface area contributed by atoms with Crippen molar-refractivity contribution in [1.29, 1.82) is 0 Å². The third-order valence-corrected chi connectivity index (χ3v) is 5.52. The molecule has 2 saturated heterocycles. The molecule has 0 radical (unpaired) electrons. The largest absolute Gasteiger partial charge is 0.368 e. The van der Waals surface area contributed by atoms with Crippen LogP contribution >= 0.6 is 24.0 Å². The molecule has 2 aliphatic rings. The van der Waals surface area contributed by atoms with Crippen molar-refractivity contribution in [2.24, 2.45) is 4.99 Å². The maximum absolute atomic E-state index is 13.6. The zero-order valence-corrected chi connectivity index (χ0v) is 21.1. The molecule has 2 fully saturated rings. The van der Waals surface area contributed by atoms with E-state index >= 15 is 0 Å². The zero-order valence-electron chi connectivity index (χ0n) is 18.7. The summed E-state index contributed by atoms with van der Waals surface area (Å²) in [4.78, 5) is 33.3. The third kappa shape index (κ3) is 7.03. The van der Waals surface area contributed by atoms with Gasteiger partial charge in [0.1, 0.15) is 11.9 Å². The SMILES string of the molecule is CCNC(=NCCNC(=O)c1ccc(C)c(F)c1)N1CCN(C(=O)C2CCCO2)CC1.I. The van der Waals surface area contributed by atoms with Gasteiger partial charge in [-0.3, -0.25) is 14.6 Å². The number of ether oxygens (including phenoxy) is 1. The molecule has 2 N–H and O–H groups in total. The molecular formula is C22H33FIN5O3. The van der Waals surface area contributed by atoms with Gasteiger partial charge in [0.25, 0.3) is 11.8 Å². The van der Waals surface area contributed by atoms with Crippen LogP contribution in [0.25, 0.3) is 0 Å². The number of aryl methyl sites for hydroxylation is 1. The Hall–Kier alpha value is -1.95. The molecule has 2 aliphatic heterocycles. The van der Waals surface area contributed by atoms with Crippen LogP contribution in [-0.4, -0.2) is 86.1 Å². The molecule has 2 amide bonds. The van der Waals surface area contributed by atoms with Crippen molar-refractivity contribution in [1.82, 2.24) is 20.4 Å². The molecule has 2 heterocycles. The Kier molecular flexibility index (Phi) is 10.6. The molecule has 8 nitrogen and oxygen atoms in total. The predicted molar refractivity (Wildman–Crippen MR) is 132 cm³/mol. The van der Waals surface area contributed by atoms with Gasteiger partial charge >= 0.3 is 0 Å². The molecule has 0 bridgehead atoms. The van der Waals surface area contributed by atoms with Crippen molar-refractivity contribution in [2.45, 2.75) is 32.8 Å². The van der Waals surface area contributed by atoms with Crippen LogP contribution < -0.4 is 10.6 Å². The van der Waals surface area contributed by atoms with Gasteiger partial charge in [0, 0.05) is 51.4 Å². The van der Waals surface area contributed by atoms with Crippen LogP contribution in [0.1, 0.15) is 35.7 Å². The summed E-state index contributed by atoms with van der Waals surface area (Å²) in [5.74, 6) is 0.147. The highest BCUT2D eigenvalue weighted by Gasteiger charge is 2.30. The standard InChI is InChI=1S/C22H32FN5O3.HI/c1-3-24-22(26-9-8-25-20(29)17-7-6-16(2)18(23)15-17)28-12-10-27(11-13-28)21(30)19-5-4-14-31-19;/h6-7,15,19H,3-5,8-14H2,1-2H3,(H,24,26)(H,25,29);1H. The van der Waals surface area contributed by atoms with Crippen molar-refractivity contribution in [3.63, 3.8) is 0 Å². The number of hydrogen-bond donors (Lipinski definition) is 2. The Bertz CT molecular complexity index is 809. The van der Waals surface area contributed by atoms with Gasteiger partial charge in [-0.2, -0.15) is 0 Å². The zero-order chi connectivity index (χ0) is 22.2. The van der Waals surface area contributed by atoms with E-state index in [0.29, 0.717) is 57.0 Å². The van der Waals surface area contributed by atoms with Crippen LogP contribution in [0.3, 0.4) is 0 Å². The molecule has 32 heavy (non-hydrogen) atoms. The highest BCUT2D eigenvalue weighted by molar-refractivity contribution is 14.0. The summed E-state index contributed by atoms with van der Waals surface area (Å²) in [6, 6.07) is 4.45. The number of amides is 2. The van der Waals surface area contributed by atoms with Crippen LogP contribution in [-0.2, 0) is 9.53 Å². The van der Waals surface area contributed by atoms with Crippen LogP contribution in [0, 0.1) is 12.7 Å². The third-order valence-electron chi connectivity index (χ3n) is 5.52. The lowest BCUT2D eigenvalue weighted by Crippen LogP contribution is -2.55. The Morgan fingerprint density at radius 2 is 1.91 bits per heavy atom. The lowest BCUT2D eigenvalue weighted by atomic mass is 10.1. The normalized spacial score (nSPS) is 18.8. The van der Waals surface area contributed by atoms with Gasteiger partial charge in [-0.05, 0) is 44.4 Å². The summed E-state index contributed by atoms with van der Waals surface area (Å²) in [6.45, 7) is 8.47. The first-order valence-electron chi connectivity index (χ1n) is 11.0. The van der Waals surface area contributed by atoms with E-state index in [9.17, 15) is 14.0 Å². The molecule has 10 heteroatoms. The maximum atomic E-state index is 13.6. The van der Waals surface area contributed by atoms with Crippen LogP contribution in [0.4, 0.5) is 4.39 Å². The van der Waals surface area contributed by atoms with Crippen LogP contribution in [0.15, 0.2) is 23.2 Å². The topological polar surface area (TPSA) is 86.3 Å². The minimum atomic E-state index is -0.391. The van der Waals surface area contributed by atoms with Crippen molar-refractivity contribution in [3.8, 4) is 0 Å². The van der Waals surface area contributed by atoms with E-state index in [0.717, 1.165) is 25.3 Å². The fourth-order valence-electron chi connectivity index (χ4n) is 3.71. The number of hydrogen-bond acceptors (Lipinski definition) is 4. The second-order valence-electron chi connectivity index (χ2n) is 7.77. The first-order chi connectivity index (χ1) is 15.0. The first-order valence-corrected chi connectivity index (χ1v) is 11.0. The van der Waals surface area contributed by atoms with Gasteiger partial charge in [-0.25, -0.2) is 4.39 Å². The second kappa shape index (κ2) is 12.9. The van der Waals surface area contributed by atoms with Gasteiger partial charge in [0.05, 0.1) is 6.54 Å². The quantitative estimate of drug-likeness (QED) is 0.240. The average Bonchev–Trinajstić information content (AvgIpc) is 3.32. The minimum Gasteiger partial charge on any atom is -0.368 e. The van der Waals surface area contributed by atoms with Crippen molar-refractivity contribution in [3.05, 3.63) is 35.1 Å². The molecule has 1 atom stereocenters. The van der Waals surface area contributed by atoms with Crippen LogP contribution in [0.2, 0.25) is 0 Å². The molecule has 178 valence electrons. The van der Waals surface area contributed by atoms with E-state index in [-0.39, 0.29) is 41.9 Å². The number of carbonyl (C=O) groups excluding carboxylic acids is 2. The predicted octanol–water partition coefficient (Wildman–Crippen LogP) is 1.77. The van der Waals surface area contributed by atoms with Gasteiger partial charge < -0.3 is 25.2 Å². The molecular weight excluding hydrogens is 528 g/mol. The Labute approximate surface area is 206 Å². The van der Waals surface area contributed by atoms with E-state index in [1.165, 1.54) is 6.07 Å². The lowest BCUT2D eigenvalue weighted by Gasteiger charge is -2.37. The molecule has 1 aromatic rings. The number of rotatable bonds is 6. The van der Waals surface area contributed by atoms with E-state index in [1.54, 1.807) is 19.1 Å². The van der Waals surface area contributed by atoms with Crippen molar-refractivity contribution in [2.75, 3.05) is 52.4 Å². The average molecular weight is 561 g/mol. The Balaban J connectivity index is 0.00000363. The summed E-state index contributed by atoms with van der Waals surface area (Å²) in [5, 5.41) is 6.04. The summed E-state index contributed by atoms with van der Waals surface area (Å²) in [5.41, 5.74) is 0.806. The van der Waals surface area contributed by atoms with E-state index < -0.39 is 5.82 Å². The first kappa shape index (κ1) is 26.3. The number of benzene rings is 1. The number of nitrogens with zero attached hydrogens (tertiary/aromatic N) is 3. The number of piperazine rings is 1. The summed E-state index contributed by atoms with van der Waals surface area (Å²) >= 11 is 0.